The standard InChI is InChI=1S/C14H17NO/c1-11-4-2-5-12(8-11)14(10-15)7-3-6-13(16)9-14/h2,4-5,8,13,16H,3,6-7,9H2,1H3. The molecule has 0 bridgehead atoms. The van der Waals surface area contributed by atoms with Gasteiger partial charge in [-0.2, -0.15) is 5.26 Å². The normalized spacial score (nSPS) is 29.7. The van der Waals surface area contributed by atoms with Gasteiger partial charge in [-0.05, 0) is 38.2 Å². The van der Waals surface area contributed by atoms with Gasteiger partial charge >= 0.3 is 0 Å². The number of aliphatic hydroxyl groups is 1. The second-order valence-corrected chi connectivity index (χ2v) is 4.81. The quantitative estimate of drug-likeness (QED) is 0.782. The fraction of sp³-hybridized carbons (Fsp3) is 0.500. The molecule has 84 valence electrons. The maximum Gasteiger partial charge on any atom is 0.0847 e. The Morgan fingerprint density at radius 2 is 2.31 bits per heavy atom. The molecule has 0 heterocycles. The Morgan fingerprint density at radius 3 is 2.94 bits per heavy atom. The van der Waals surface area contributed by atoms with Crippen LogP contribution in [0.15, 0.2) is 24.3 Å². The van der Waals surface area contributed by atoms with Gasteiger partial charge in [-0.3, -0.25) is 0 Å². The molecular weight excluding hydrogens is 198 g/mol. The van der Waals surface area contributed by atoms with Gasteiger partial charge in [-0.1, -0.05) is 29.8 Å². The van der Waals surface area contributed by atoms with Crippen molar-refractivity contribution in [1.82, 2.24) is 0 Å². The van der Waals surface area contributed by atoms with Gasteiger partial charge < -0.3 is 5.11 Å². The second-order valence-electron chi connectivity index (χ2n) is 4.81. The van der Waals surface area contributed by atoms with Crippen molar-refractivity contribution in [2.24, 2.45) is 0 Å². The molecule has 2 unspecified atom stereocenters. The lowest BCUT2D eigenvalue weighted by molar-refractivity contribution is 0.102. The predicted octanol–water partition coefficient (Wildman–Crippen LogP) is 2.69. The monoisotopic (exact) mass is 215 g/mol. The summed E-state index contributed by atoms with van der Waals surface area (Å²) in [5.74, 6) is 0. The van der Waals surface area contributed by atoms with Crippen molar-refractivity contribution in [3.63, 3.8) is 0 Å². The fourth-order valence-corrected chi connectivity index (χ4v) is 2.62. The van der Waals surface area contributed by atoms with Gasteiger partial charge in [0.05, 0.1) is 17.6 Å². The van der Waals surface area contributed by atoms with E-state index in [2.05, 4.69) is 12.1 Å². The van der Waals surface area contributed by atoms with Crippen LogP contribution in [-0.4, -0.2) is 11.2 Å². The smallest absolute Gasteiger partial charge is 0.0847 e. The van der Waals surface area contributed by atoms with Crippen LogP contribution >= 0.6 is 0 Å². The number of nitriles is 1. The summed E-state index contributed by atoms with van der Waals surface area (Å²) >= 11 is 0. The molecule has 0 saturated heterocycles. The Balaban J connectivity index is 2.38. The minimum Gasteiger partial charge on any atom is -0.393 e. The lowest BCUT2D eigenvalue weighted by Gasteiger charge is -2.34. The SMILES string of the molecule is Cc1cccc(C2(C#N)CCCC(O)C2)c1. The van der Waals surface area contributed by atoms with Crippen LogP contribution in [0.2, 0.25) is 0 Å². The van der Waals surface area contributed by atoms with Crippen LogP contribution in [0.3, 0.4) is 0 Å². The van der Waals surface area contributed by atoms with E-state index in [1.165, 1.54) is 5.56 Å². The third-order valence-electron chi connectivity index (χ3n) is 3.51. The van der Waals surface area contributed by atoms with Crippen molar-refractivity contribution in [3.05, 3.63) is 35.4 Å². The molecule has 2 nitrogen and oxygen atoms in total. The van der Waals surface area contributed by atoms with Crippen LogP contribution in [0.5, 0.6) is 0 Å². The van der Waals surface area contributed by atoms with Crippen molar-refractivity contribution in [1.29, 1.82) is 5.26 Å². The predicted molar refractivity (Wildman–Crippen MR) is 62.9 cm³/mol. The molecule has 1 aliphatic rings. The third kappa shape index (κ3) is 1.96. The van der Waals surface area contributed by atoms with Crippen molar-refractivity contribution in [2.45, 2.75) is 44.1 Å². The number of hydrogen-bond acceptors (Lipinski definition) is 2. The summed E-state index contributed by atoms with van der Waals surface area (Å²) in [5, 5.41) is 19.2. The molecular formula is C14H17NO. The van der Waals surface area contributed by atoms with Crippen LogP contribution in [0.4, 0.5) is 0 Å². The molecule has 0 amide bonds. The molecule has 1 fully saturated rings. The van der Waals surface area contributed by atoms with E-state index in [-0.39, 0.29) is 6.10 Å². The van der Waals surface area contributed by atoms with Gasteiger partial charge in [0.15, 0.2) is 0 Å². The van der Waals surface area contributed by atoms with Crippen LogP contribution in [0.1, 0.15) is 36.8 Å². The number of aryl methyl sites for hydroxylation is 1. The summed E-state index contributed by atoms with van der Waals surface area (Å²) in [4.78, 5) is 0. The molecule has 2 rings (SSSR count). The zero-order chi connectivity index (χ0) is 11.6. The summed E-state index contributed by atoms with van der Waals surface area (Å²) in [5.41, 5.74) is 1.77. The first kappa shape index (κ1) is 11.2. The minimum absolute atomic E-state index is 0.325. The van der Waals surface area contributed by atoms with Crippen LogP contribution in [0, 0.1) is 18.3 Å². The Labute approximate surface area is 96.5 Å². The summed E-state index contributed by atoms with van der Waals surface area (Å²) in [7, 11) is 0. The zero-order valence-electron chi connectivity index (χ0n) is 9.61. The summed E-state index contributed by atoms with van der Waals surface area (Å²) in [6.07, 6.45) is 2.88. The van der Waals surface area contributed by atoms with E-state index in [0.29, 0.717) is 6.42 Å². The van der Waals surface area contributed by atoms with Crippen molar-refractivity contribution in [2.75, 3.05) is 0 Å². The molecule has 0 radical (unpaired) electrons. The van der Waals surface area contributed by atoms with E-state index in [9.17, 15) is 10.4 Å². The molecule has 0 aliphatic heterocycles. The number of aliphatic hydroxyl groups excluding tert-OH is 1. The average Bonchev–Trinajstić information content (AvgIpc) is 2.29. The van der Waals surface area contributed by atoms with Crippen molar-refractivity contribution in [3.8, 4) is 6.07 Å². The van der Waals surface area contributed by atoms with Gasteiger partial charge in [0.2, 0.25) is 0 Å². The number of rotatable bonds is 1. The first-order valence-corrected chi connectivity index (χ1v) is 5.83. The number of nitrogens with zero attached hydrogens (tertiary/aromatic N) is 1. The molecule has 1 aromatic carbocycles. The van der Waals surface area contributed by atoms with Crippen molar-refractivity contribution >= 4 is 0 Å². The first-order chi connectivity index (χ1) is 7.66. The highest BCUT2D eigenvalue weighted by atomic mass is 16.3. The number of hydrogen-bond donors (Lipinski definition) is 1. The summed E-state index contributed by atoms with van der Waals surface area (Å²) in [6.45, 7) is 2.04. The van der Waals surface area contributed by atoms with Crippen LogP contribution < -0.4 is 0 Å². The number of benzene rings is 1. The Kier molecular flexibility index (Phi) is 2.98. The van der Waals surface area contributed by atoms with E-state index >= 15 is 0 Å². The Morgan fingerprint density at radius 1 is 1.50 bits per heavy atom. The lowest BCUT2D eigenvalue weighted by atomic mass is 9.69. The second kappa shape index (κ2) is 4.27. The molecule has 0 spiro atoms. The molecule has 2 atom stereocenters. The fourth-order valence-electron chi connectivity index (χ4n) is 2.62. The molecule has 1 N–H and O–H groups in total. The van der Waals surface area contributed by atoms with E-state index in [0.717, 1.165) is 24.8 Å². The van der Waals surface area contributed by atoms with Gasteiger partial charge in [0, 0.05) is 0 Å². The van der Waals surface area contributed by atoms with E-state index < -0.39 is 5.41 Å². The highest BCUT2D eigenvalue weighted by Crippen LogP contribution is 2.39. The third-order valence-corrected chi connectivity index (χ3v) is 3.51. The maximum absolute atomic E-state index is 9.76. The molecule has 1 aromatic rings. The average molecular weight is 215 g/mol. The van der Waals surface area contributed by atoms with Crippen molar-refractivity contribution < 1.29 is 5.11 Å². The topological polar surface area (TPSA) is 44.0 Å². The zero-order valence-corrected chi connectivity index (χ0v) is 9.61. The van der Waals surface area contributed by atoms with Gasteiger partial charge in [-0.15, -0.1) is 0 Å². The van der Waals surface area contributed by atoms with E-state index in [1.807, 2.05) is 25.1 Å². The maximum atomic E-state index is 9.76. The molecule has 16 heavy (non-hydrogen) atoms. The Hall–Kier alpha value is -1.33. The molecule has 2 heteroatoms. The summed E-state index contributed by atoms with van der Waals surface area (Å²) < 4.78 is 0. The Bertz CT molecular complexity index is 421. The molecule has 1 saturated carbocycles. The van der Waals surface area contributed by atoms with E-state index in [4.69, 9.17) is 0 Å². The van der Waals surface area contributed by atoms with Crippen LogP contribution in [0.25, 0.3) is 0 Å². The molecule has 1 aliphatic carbocycles. The van der Waals surface area contributed by atoms with Gasteiger partial charge in [-0.25, -0.2) is 0 Å². The van der Waals surface area contributed by atoms with Crippen LogP contribution in [-0.2, 0) is 5.41 Å². The first-order valence-electron chi connectivity index (χ1n) is 5.83. The largest absolute Gasteiger partial charge is 0.393 e. The van der Waals surface area contributed by atoms with Gasteiger partial charge in [0.1, 0.15) is 0 Å². The van der Waals surface area contributed by atoms with Gasteiger partial charge in [0.25, 0.3) is 0 Å². The van der Waals surface area contributed by atoms with E-state index in [1.54, 1.807) is 0 Å². The highest BCUT2D eigenvalue weighted by molar-refractivity contribution is 5.35. The highest BCUT2D eigenvalue weighted by Gasteiger charge is 2.37. The molecule has 0 aromatic heterocycles. The summed E-state index contributed by atoms with van der Waals surface area (Å²) in [6, 6.07) is 10.5. The lowest BCUT2D eigenvalue weighted by Crippen LogP contribution is -2.34. The minimum atomic E-state index is -0.469.